The van der Waals surface area contributed by atoms with Gasteiger partial charge in [0.1, 0.15) is 12.3 Å². The number of carbonyl (C=O) groups excluding carboxylic acids is 1. The molecule has 1 atom stereocenters. The van der Waals surface area contributed by atoms with Gasteiger partial charge in [0.05, 0.1) is 11.0 Å². The number of ether oxygens (including phenoxy) is 1. The van der Waals surface area contributed by atoms with Crippen LogP contribution in [0.25, 0.3) is 11.0 Å². The number of nitrogens with zero attached hydrogens (tertiary/aromatic N) is 3. The number of hydrogen-bond acceptors (Lipinski definition) is 3. The molecule has 1 heterocycles. The van der Waals surface area contributed by atoms with E-state index in [1.165, 1.54) is 0 Å². The zero-order chi connectivity index (χ0) is 23.4. The molecule has 0 saturated heterocycles. The zero-order valence-electron chi connectivity index (χ0n) is 19.9. The van der Waals surface area contributed by atoms with Crippen molar-refractivity contribution in [3.8, 4) is 5.75 Å². The molecule has 0 radical (unpaired) electrons. The monoisotopic (exact) mass is 455 g/mol. The van der Waals surface area contributed by atoms with Crippen LogP contribution < -0.4 is 4.74 Å². The molecule has 0 fully saturated rings. The molecule has 0 N–H and O–H groups in total. The lowest BCUT2D eigenvalue weighted by molar-refractivity contribution is -0.132. The Kier molecular flexibility index (Phi) is 7.83. The number of carbonyl (C=O) groups is 1. The molecular formula is C26H34ClN3O2. The third-order valence-corrected chi connectivity index (χ3v) is 5.73. The van der Waals surface area contributed by atoms with E-state index in [4.69, 9.17) is 21.3 Å². The maximum Gasteiger partial charge on any atom is 0.242 e. The van der Waals surface area contributed by atoms with E-state index in [-0.39, 0.29) is 18.6 Å². The predicted molar refractivity (Wildman–Crippen MR) is 131 cm³/mol. The number of benzene rings is 2. The van der Waals surface area contributed by atoms with E-state index < -0.39 is 0 Å². The van der Waals surface area contributed by atoms with Gasteiger partial charge in [0.15, 0.2) is 11.9 Å². The lowest BCUT2D eigenvalue weighted by atomic mass is 10.1. The van der Waals surface area contributed by atoms with E-state index in [9.17, 15) is 4.79 Å². The van der Waals surface area contributed by atoms with Crippen LogP contribution in [-0.2, 0) is 11.3 Å². The minimum Gasteiger partial charge on any atom is -0.483 e. The smallest absolute Gasteiger partial charge is 0.242 e. The van der Waals surface area contributed by atoms with Crippen molar-refractivity contribution in [3.63, 3.8) is 0 Å². The molecule has 3 rings (SSSR count). The van der Waals surface area contributed by atoms with Crippen LogP contribution in [-0.4, -0.2) is 33.4 Å². The number of aromatic nitrogens is 2. The first-order chi connectivity index (χ1) is 15.2. The van der Waals surface area contributed by atoms with Gasteiger partial charge in [0.25, 0.3) is 0 Å². The molecule has 3 aromatic rings. The van der Waals surface area contributed by atoms with Gasteiger partial charge in [-0.05, 0) is 61.6 Å². The van der Waals surface area contributed by atoms with Crippen LogP contribution in [0.15, 0.2) is 42.5 Å². The van der Waals surface area contributed by atoms with Gasteiger partial charge in [0.2, 0.25) is 5.91 Å². The van der Waals surface area contributed by atoms with Gasteiger partial charge in [0, 0.05) is 18.1 Å². The van der Waals surface area contributed by atoms with Gasteiger partial charge in [-0.25, -0.2) is 4.98 Å². The summed E-state index contributed by atoms with van der Waals surface area (Å²) >= 11 is 6.16. The van der Waals surface area contributed by atoms with Crippen LogP contribution >= 0.6 is 11.6 Å². The first-order valence-electron chi connectivity index (χ1n) is 11.3. The van der Waals surface area contributed by atoms with Crippen LogP contribution in [0.5, 0.6) is 5.75 Å². The maximum absolute atomic E-state index is 13.4. The van der Waals surface area contributed by atoms with Gasteiger partial charge in [-0.2, -0.15) is 0 Å². The second kappa shape index (κ2) is 10.4. The standard InChI is InChI=1S/C26H34ClN3O2/c1-17(2)14-29(15-18(3)4)25(31)16-30-24-10-8-7-9-23(24)28-26(30)20(6)32-21-11-12-22(27)19(5)13-21/h7-13,17-18,20H,14-16H2,1-6H3. The molecule has 1 unspecified atom stereocenters. The molecule has 1 aromatic heterocycles. The molecule has 172 valence electrons. The molecule has 0 saturated carbocycles. The lowest BCUT2D eigenvalue weighted by Gasteiger charge is -2.27. The van der Waals surface area contributed by atoms with Gasteiger partial charge in [-0.3, -0.25) is 4.79 Å². The summed E-state index contributed by atoms with van der Waals surface area (Å²) in [5.74, 6) is 2.39. The average Bonchev–Trinajstić information content (AvgIpc) is 3.08. The normalized spacial score (nSPS) is 12.5. The Morgan fingerprint density at radius 1 is 1.06 bits per heavy atom. The van der Waals surface area contributed by atoms with Crippen molar-refractivity contribution >= 4 is 28.5 Å². The number of aryl methyl sites for hydroxylation is 1. The van der Waals surface area contributed by atoms with Crippen molar-refractivity contribution in [3.05, 3.63) is 58.9 Å². The van der Waals surface area contributed by atoms with E-state index in [0.717, 1.165) is 41.3 Å². The molecule has 6 heteroatoms. The maximum atomic E-state index is 13.4. The molecular weight excluding hydrogens is 422 g/mol. The molecule has 0 aliphatic rings. The number of fused-ring (bicyclic) bond motifs is 1. The molecule has 1 amide bonds. The third-order valence-electron chi connectivity index (χ3n) is 5.31. The highest BCUT2D eigenvalue weighted by molar-refractivity contribution is 6.31. The molecule has 0 aliphatic carbocycles. The molecule has 2 aromatic carbocycles. The first kappa shape index (κ1) is 24.1. The number of rotatable bonds is 9. The van der Waals surface area contributed by atoms with Crippen molar-refractivity contribution in [1.29, 1.82) is 0 Å². The summed E-state index contributed by atoms with van der Waals surface area (Å²) in [7, 11) is 0. The number of halogens is 1. The number of para-hydroxylation sites is 2. The Morgan fingerprint density at radius 2 is 1.72 bits per heavy atom. The van der Waals surface area contributed by atoms with Crippen molar-refractivity contribution in [2.75, 3.05) is 13.1 Å². The van der Waals surface area contributed by atoms with Crippen LogP contribution in [0.2, 0.25) is 5.02 Å². The minimum atomic E-state index is -0.334. The predicted octanol–water partition coefficient (Wildman–Crippen LogP) is 6.28. The average molecular weight is 456 g/mol. The van der Waals surface area contributed by atoms with E-state index in [1.54, 1.807) is 0 Å². The summed E-state index contributed by atoms with van der Waals surface area (Å²) in [6.45, 7) is 14.2. The van der Waals surface area contributed by atoms with E-state index >= 15 is 0 Å². The second-order valence-corrected chi connectivity index (χ2v) is 9.71. The molecule has 0 bridgehead atoms. The number of imidazole rings is 1. The fourth-order valence-corrected chi connectivity index (χ4v) is 4.03. The van der Waals surface area contributed by atoms with Crippen LogP contribution in [0.1, 0.15) is 52.1 Å². The number of hydrogen-bond donors (Lipinski definition) is 0. The zero-order valence-corrected chi connectivity index (χ0v) is 20.7. The minimum absolute atomic E-state index is 0.103. The summed E-state index contributed by atoms with van der Waals surface area (Å²) in [5, 5.41) is 0.707. The van der Waals surface area contributed by atoms with Crippen molar-refractivity contribution < 1.29 is 9.53 Å². The van der Waals surface area contributed by atoms with Gasteiger partial charge in [-0.1, -0.05) is 51.4 Å². The highest BCUT2D eigenvalue weighted by Gasteiger charge is 2.23. The third kappa shape index (κ3) is 5.83. The second-order valence-electron chi connectivity index (χ2n) is 9.30. The van der Waals surface area contributed by atoms with Crippen molar-refractivity contribution in [1.82, 2.24) is 14.5 Å². The Bertz CT molecular complexity index is 1060. The molecule has 5 nitrogen and oxygen atoms in total. The highest BCUT2D eigenvalue weighted by Crippen LogP contribution is 2.28. The fraction of sp³-hybridized carbons (Fsp3) is 0.462. The van der Waals surface area contributed by atoms with Gasteiger partial charge in [-0.15, -0.1) is 0 Å². The highest BCUT2D eigenvalue weighted by atomic mass is 35.5. The Morgan fingerprint density at radius 3 is 2.34 bits per heavy atom. The van der Waals surface area contributed by atoms with Crippen LogP contribution in [0.4, 0.5) is 0 Å². The summed E-state index contributed by atoms with van der Waals surface area (Å²) in [4.78, 5) is 20.2. The molecule has 0 aliphatic heterocycles. The Balaban J connectivity index is 1.92. The summed E-state index contributed by atoms with van der Waals surface area (Å²) in [6.07, 6.45) is -0.334. The van der Waals surface area contributed by atoms with Crippen molar-refractivity contribution in [2.45, 2.75) is 54.2 Å². The molecule has 0 spiro atoms. The SMILES string of the molecule is Cc1cc(OC(C)c2nc3ccccc3n2CC(=O)N(CC(C)C)CC(C)C)ccc1Cl. The Hall–Kier alpha value is -2.53. The van der Waals surface area contributed by atoms with Gasteiger partial charge < -0.3 is 14.2 Å². The van der Waals surface area contributed by atoms with Crippen LogP contribution in [0.3, 0.4) is 0 Å². The van der Waals surface area contributed by atoms with E-state index in [2.05, 4.69) is 27.7 Å². The van der Waals surface area contributed by atoms with Crippen molar-refractivity contribution in [2.24, 2.45) is 11.8 Å². The van der Waals surface area contributed by atoms with Gasteiger partial charge >= 0.3 is 0 Å². The largest absolute Gasteiger partial charge is 0.483 e. The summed E-state index contributed by atoms with van der Waals surface area (Å²) < 4.78 is 8.21. The summed E-state index contributed by atoms with van der Waals surface area (Å²) in [6, 6.07) is 13.5. The first-order valence-corrected chi connectivity index (χ1v) is 11.7. The lowest BCUT2D eigenvalue weighted by Crippen LogP contribution is -2.39. The summed E-state index contributed by atoms with van der Waals surface area (Å²) in [5.41, 5.74) is 2.75. The topological polar surface area (TPSA) is 47.4 Å². The Labute approximate surface area is 196 Å². The van der Waals surface area contributed by atoms with Crippen LogP contribution in [0, 0.1) is 18.8 Å². The fourth-order valence-electron chi connectivity index (χ4n) is 3.91. The van der Waals surface area contributed by atoms with E-state index in [1.807, 2.05) is 65.8 Å². The molecule has 32 heavy (non-hydrogen) atoms. The quantitative estimate of drug-likeness (QED) is 0.381. The number of amides is 1. The van der Waals surface area contributed by atoms with E-state index in [0.29, 0.717) is 16.9 Å².